The molecule has 3 aromatic carbocycles. The minimum atomic E-state index is -0.0405. The molecule has 0 spiro atoms. The molecule has 2 aliphatic rings. The van der Waals surface area contributed by atoms with Crippen molar-refractivity contribution in [1.29, 1.82) is 0 Å². The molecule has 5 nitrogen and oxygen atoms in total. The van der Waals surface area contributed by atoms with Gasteiger partial charge < -0.3 is 19.1 Å². The molecule has 5 heteroatoms. The Morgan fingerprint density at radius 1 is 0.844 bits per heavy atom. The van der Waals surface area contributed by atoms with E-state index in [2.05, 4.69) is 53.1 Å². The standard InChI is InChI=1S/C27H30N2O3/c1-21-7-5-6-10-24(21)29-17-15-28(16-18-29)14-13-25(32-23-8-3-2-4-9-23)22-11-12-26-27(19-22)31-20-30-26/h2-12,19,25H,13-18,20H2,1H3. The van der Waals surface area contributed by atoms with Crippen LogP contribution >= 0.6 is 0 Å². The molecule has 166 valence electrons. The summed E-state index contributed by atoms with van der Waals surface area (Å²) in [6.45, 7) is 7.71. The van der Waals surface area contributed by atoms with E-state index in [-0.39, 0.29) is 12.9 Å². The number of ether oxygens (including phenoxy) is 3. The van der Waals surface area contributed by atoms with Crippen molar-refractivity contribution in [3.63, 3.8) is 0 Å². The van der Waals surface area contributed by atoms with Gasteiger partial charge in [-0.1, -0.05) is 42.5 Å². The number of para-hydroxylation sites is 2. The second kappa shape index (κ2) is 9.53. The van der Waals surface area contributed by atoms with E-state index in [1.165, 1.54) is 11.3 Å². The summed E-state index contributed by atoms with van der Waals surface area (Å²) in [5.74, 6) is 2.50. The quantitative estimate of drug-likeness (QED) is 0.524. The van der Waals surface area contributed by atoms with Gasteiger partial charge in [0.2, 0.25) is 6.79 Å². The number of hydrogen-bond donors (Lipinski definition) is 0. The Kier molecular flexibility index (Phi) is 6.17. The summed E-state index contributed by atoms with van der Waals surface area (Å²) in [5.41, 5.74) is 3.83. The topological polar surface area (TPSA) is 34.2 Å². The summed E-state index contributed by atoms with van der Waals surface area (Å²) in [5, 5.41) is 0. The number of piperazine rings is 1. The van der Waals surface area contributed by atoms with E-state index in [4.69, 9.17) is 14.2 Å². The van der Waals surface area contributed by atoms with Gasteiger partial charge in [0.1, 0.15) is 11.9 Å². The molecule has 32 heavy (non-hydrogen) atoms. The Hall–Kier alpha value is -3.18. The first-order valence-corrected chi connectivity index (χ1v) is 11.4. The first-order chi connectivity index (χ1) is 15.8. The predicted molar refractivity (Wildman–Crippen MR) is 127 cm³/mol. The lowest BCUT2D eigenvalue weighted by Gasteiger charge is -2.37. The second-order valence-electron chi connectivity index (χ2n) is 8.44. The first kappa shape index (κ1) is 20.7. The van der Waals surface area contributed by atoms with E-state index in [1.807, 2.05) is 36.4 Å². The molecule has 5 rings (SSSR count). The van der Waals surface area contributed by atoms with Crippen LogP contribution in [-0.4, -0.2) is 44.4 Å². The van der Waals surface area contributed by atoms with Crippen molar-refractivity contribution < 1.29 is 14.2 Å². The van der Waals surface area contributed by atoms with Crippen molar-refractivity contribution in [2.24, 2.45) is 0 Å². The number of anilines is 1. The molecule has 0 aromatic heterocycles. The number of rotatable bonds is 7. The summed E-state index contributed by atoms with van der Waals surface area (Å²) >= 11 is 0. The summed E-state index contributed by atoms with van der Waals surface area (Å²) in [6.07, 6.45) is 0.875. The zero-order valence-corrected chi connectivity index (χ0v) is 18.6. The largest absolute Gasteiger partial charge is 0.486 e. The molecule has 0 bridgehead atoms. The maximum Gasteiger partial charge on any atom is 0.231 e. The minimum absolute atomic E-state index is 0.0405. The molecule has 0 radical (unpaired) electrons. The van der Waals surface area contributed by atoms with E-state index in [0.717, 1.165) is 62.0 Å². The SMILES string of the molecule is Cc1ccccc1N1CCN(CCC(Oc2ccccc2)c2ccc3c(c2)OCO3)CC1. The predicted octanol–water partition coefficient (Wildman–Crippen LogP) is 5.06. The van der Waals surface area contributed by atoms with Gasteiger partial charge in [-0.15, -0.1) is 0 Å². The van der Waals surface area contributed by atoms with Crippen LogP contribution in [0, 0.1) is 6.92 Å². The molecule has 0 saturated carbocycles. The van der Waals surface area contributed by atoms with Crippen LogP contribution in [-0.2, 0) is 0 Å². The van der Waals surface area contributed by atoms with E-state index >= 15 is 0 Å². The summed E-state index contributed by atoms with van der Waals surface area (Å²) < 4.78 is 17.5. The third-order valence-corrected chi connectivity index (χ3v) is 6.33. The zero-order valence-electron chi connectivity index (χ0n) is 18.6. The molecule has 1 unspecified atom stereocenters. The van der Waals surface area contributed by atoms with Crippen LogP contribution in [0.3, 0.4) is 0 Å². The molecular formula is C27H30N2O3. The number of aryl methyl sites for hydroxylation is 1. The van der Waals surface area contributed by atoms with Crippen LogP contribution in [0.2, 0.25) is 0 Å². The third-order valence-electron chi connectivity index (χ3n) is 6.33. The van der Waals surface area contributed by atoms with Gasteiger partial charge >= 0.3 is 0 Å². The van der Waals surface area contributed by atoms with E-state index < -0.39 is 0 Å². The first-order valence-electron chi connectivity index (χ1n) is 11.4. The van der Waals surface area contributed by atoms with Gasteiger partial charge in [0.05, 0.1) is 0 Å². The molecule has 0 amide bonds. The lowest BCUT2D eigenvalue weighted by Crippen LogP contribution is -2.47. The molecule has 1 fully saturated rings. The molecule has 1 saturated heterocycles. The lowest BCUT2D eigenvalue weighted by molar-refractivity contribution is 0.159. The summed E-state index contributed by atoms with van der Waals surface area (Å²) in [4.78, 5) is 5.05. The highest BCUT2D eigenvalue weighted by molar-refractivity contribution is 5.53. The maximum atomic E-state index is 6.42. The Morgan fingerprint density at radius 2 is 1.59 bits per heavy atom. The van der Waals surface area contributed by atoms with Crippen LogP contribution in [0.4, 0.5) is 5.69 Å². The minimum Gasteiger partial charge on any atom is -0.486 e. The number of benzene rings is 3. The van der Waals surface area contributed by atoms with Crippen LogP contribution in [0.25, 0.3) is 0 Å². The third kappa shape index (κ3) is 4.68. The fraction of sp³-hybridized carbons (Fsp3) is 0.333. The van der Waals surface area contributed by atoms with Gasteiger partial charge in [-0.2, -0.15) is 0 Å². The van der Waals surface area contributed by atoms with Gasteiger partial charge in [-0.25, -0.2) is 0 Å². The number of nitrogens with zero attached hydrogens (tertiary/aromatic N) is 2. The lowest BCUT2D eigenvalue weighted by atomic mass is 10.0. The highest BCUT2D eigenvalue weighted by atomic mass is 16.7. The number of fused-ring (bicyclic) bond motifs is 1. The number of hydrogen-bond acceptors (Lipinski definition) is 5. The van der Waals surface area contributed by atoms with Crippen LogP contribution in [0.1, 0.15) is 23.7 Å². The second-order valence-corrected chi connectivity index (χ2v) is 8.44. The maximum absolute atomic E-state index is 6.42. The molecule has 1 atom stereocenters. The Balaban J connectivity index is 1.24. The average Bonchev–Trinajstić information content (AvgIpc) is 3.31. The average molecular weight is 431 g/mol. The van der Waals surface area contributed by atoms with Crippen LogP contribution in [0.5, 0.6) is 17.2 Å². The van der Waals surface area contributed by atoms with Gasteiger partial charge in [0.15, 0.2) is 11.5 Å². The summed E-state index contributed by atoms with van der Waals surface area (Å²) in [6, 6.07) is 24.9. The molecular weight excluding hydrogens is 400 g/mol. The van der Waals surface area contributed by atoms with Crippen LogP contribution < -0.4 is 19.1 Å². The monoisotopic (exact) mass is 430 g/mol. The zero-order chi connectivity index (χ0) is 21.8. The van der Waals surface area contributed by atoms with Gasteiger partial charge in [-0.05, 0) is 48.4 Å². The van der Waals surface area contributed by atoms with Gasteiger partial charge in [-0.3, -0.25) is 4.90 Å². The van der Waals surface area contributed by atoms with Crippen molar-refractivity contribution in [2.75, 3.05) is 44.4 Å². The molecule has 2 heterocycles. The summed E-state index contributed by atoms with van der Waals surface area (Å²) in [7, 11) is 0. The molecule has 0 N–H and O–H groups in total. The molecule has 3 aromatic rings. The fourth-order valence-electron chi connectivity index (χ4n) is 4.50. The van der Waals surface area contributed by atoms with Crippen molar-refractivity contribution in [1.82, 2.24) is 4.90 Å². The molecule has 0 aliphatic carbocycles. The van der Waals surface area contributed by atoms with Crippen molar-refractivity contribution in [3.8, 4) is 17.2 Å². The van der Waals surface area contributed by atoms with E-state index in [0.29, 0.717) is 0 Å². The smallest absolute Gasteiger partial charge is 0.231 e. The van der Waals surface area contributed by atoms with Crippen LogP contribution in [0.15, 0.2) is 72.8 Å². The van der Waals surface area contributed by atoms with Crippen molar-refractivity contribution >= 4 is 5.69 Å². The highest BCUT2D eigenvalue weighted by Gasteiger charge is 2.23. The fourth-order valence-corrected chi connectivity index (χ4v) is 4.50. The molecule has 2 aliphatic heterocycles. The Morgan fingerprint density at radius 3 is 2.41 bits per heavy atom. The Bertz CT molecular complexity index is 1030. The van der Waals surface area contributed by atoms with Crippen molar-refractivity contribution in [2.45, 2.75) is 19.4 Å². The van der Waals surface area contributed by atoms with Gasteiger partial charge in [0.25, 0.3) is 0 Å². The van der Waals surface area contributed by atoms with Crippen molar-refractivity contribution in [3.05, 3.63) is 83.9 Å². The van der Waals surface area contributed by atoms with E-state index in [9.17, 15) is 0 Å². The Labute approximate surface area is 190 Å². The normalized spacial score (nSPS) is 16.7. The van der Waals surface area contributed by atoms with Gasteiger partial charge in [0, 0.05) is 44.8 Å². The highest BCUT2D eigenvalue weighted by Crippen LogP contribution is 2.36. The van der Waals surface area contributed by atoms with E-state index in [1.54, 1.807) is 0 Å².